The predicted octanol–water partition coefficient (Wildman–Crippen LogP) is 5.44. The first-order chi connectivity index (χ1) is 18.9. The van der Waals surface area contributed by atoms with Crippen LogP contribution < -0.4 is 16.0 Å². The second-order valence-electron chi connectivity index (χ2n) is 9.47. The standard InChI is InChI=1S/C29H28N6O2S2/c1-3-18-10-12-20(13-11-18)32-24(37)16-38-29-34-33-28(39-29)35-22-8-5-9-23(36)26(22)25(21(15-30)27(35)31)19-7-4-6-17(2)14-19/h4,6-7,10-14,25H,3,5,8-9,16,31H2,1-2H3,(H,32,37). The van der Waals surface area contributed by atoms with Crippen molar-refractivity contribution in [3.05, 3.63) is 87.9 Å². The van der Waals surface area contributed by atoms with Gasteiger partial charge in [0.1, 0.15) is 5.82 Å². The highest BCUT2D eigenvalue weighted by molar-refractivity contribution is 8.01. The maximum atomic E-state index is 13.3. The van der Waals surface area contributed by atoms with Crippen molar-refractivity contribution < 1.29 is 9.59 Å². The van der Waals surface area contributed by atoms with Crippen LogP contribution in [0.15, 0.2) is 75.5 Å². The Balaban J connectivity index is 1.39. The van der Waals surface area contributed by atoms with Gasteiger partial charge in [-0.05, 0) is 49.4 Å². The number of carbonyl (C=O) groups excluding carboxylic acids is 2. The Morgan fingerprint density at radius 2 is 2.03 bits per heavy atom. The van der Waals surface area contributed by atoms with E-state index in [1.807, 2.05) is 55.5 Å². The van der Waals surface area contributed by atoms with Gasteiger partial charge in [0.25, 0.3) is 0 Å². The first-order valence-corrected chi connectivity index (χ1v) is 14.6. The number of Topliss-reactive ketones (excluding diaryl/α,β-unsaturated/α-hetero) is 1. The van der Waals surface area contributed by atoms with E-state index in [-0.39, 0.29) is 23.3 Å². The smallest absolute Gasteiger partial charge is 0.234 e. The van der Waals surface area contributed by atoms with Gasteiger partial charge in [-0.1, -0.05) is 72.0 Å². The van der Waals surface area contributed by atoms with Crippen molar-refractivity contribution in [2.45, 2.75) is 49.8 Å². The maximum Gasteiger partial charge on any atom is 0.234 e. The first-order valence-electron chi connectivity index (χ1n) is 12.8. The van der Waals surface area contributed by atoms with E-state index in [0.29, 0.717) is 39.9 Å². The SMILES string of the molecule is CCc1ccc(NC(=O)CSc2nnc(N3C(N)=C(C#N)C(c4cccc(C)c4)C4=C3CCCC4=O)s2)cc1. The normalized spacial score (nSPS) is 17.2. The highest BCUT2D eigenvalue weighted by Gasteiger charge is 2.41. The third-order valence-corrected chi connectivity index (χ3v) is 8.89. The second kappa shape index (κ2) is 11.4. The number of allylic oxidation sites excluding steroid dienone is 3. The highest BCUT2D eigenvalue weighted by atomic mass is 32.2. The quantitative estimate of drug-likeness (QED) is 0.368. The third kappa shape index (κ3) is 5.46. The molecule has 2 aliphatic rings. The molecule has 3 N–H and O–H groups in total. The number of thioether (sulfide) groups is 1. The van der Waals surface area contributed by atoms with Crippen molar-refractivity contribution in [1.82, 2.24) is 10.2 Å². The monoisotopic (exact) mass is 556 g/mol. The number of amides is 1. The van der Waals surface area contributed by atoms with Crippen LogP contribution in [0.2, 0.25) is 0 Å². The van der Waals surface area contributed by atoms with Crippen LogP contribution in [0, 0.1) is 18.3 Å². The number of anilines is 2. The van der Waals surface area contributed by atoms with Crippen LogP contribution in [0.3, 0.4) is 0 Å². The number of aryl methyl sites for hydroxylation is 2. The average molecular weight is 557 g/mol. The van der Waals surface area contributed by atoms with Crippen molar-refractivity contribution >= 4 is 45.6 Å². The van der Waals surface area contributed by atoms with Gasteiger partial charge in [-0.15, -0.1) is 10.2 Å². The molecule has 2 aromatic carbocycles. The zero-order valence-corrected chi connectivity index (χ0v) is 23.4. The van der Waals surface area contributed by atoms with Crippen molar-refractivity contribution in [2.24, 2.45) is 5.73 Å². The molecule has 1 aliphatic heterocycles. The van der Waals surface area contributed by atoms with Gasteiger partial charge in [-0.2, -0.15) is 5.26 Å². The molecule has 0 saturated heterocycles. The van der Waals surface area contributed by atoms with Crippen LogP contribution in [0.5, 0.6) is 0 Å². The molecule has 5 rings (SSSR count). The number of nitrogens with one attached hydrogen (secondary N) is 1. The predicted molar refractivity (Wildman–Crippen MR) is 154 cm³/mol. The molecule has 2 heterocycles. The summed E-state index contributed by atoms with van der Waals surface area (Å²) in [4.78, 5) is 27.5. The van der Waals surface area contributed by atoms with Crippen molar-refractivity contribution in [3.8, 4) is 6.07 Å². The molecule has 1 aromatic heterocycles. The summed E-state index contributed by atoms with van der Waals surface area (Å²) in [7, 11) is 0. The summed E-state index contributed by atoms with van der Waals surface area (Å²) in [5, 5.41) is 22.2. The molecule has 0 radical (unpaired) electrons. The summed E-state index contributed by atoms with van der Waals surface area (Å²) >= 11 is 2.56. The molecule has 8 nitrogen and oxygen atoms in total. The van der Waals surface area contributed by atoms with Gasteiger partial charge < -0.3 is 11.1 Å². The van der Waals surface area contributed by atoms with E-state index in [4.69, 9.17) is 5.73 Å². The molecule has 0 saturated carbocycles. The Hall–Kier alpha value is -3.94. The van der Waals surface area contributed by atoms with Crippen LogP contribution in [0.4, 0.5) is 10.8 Å². The molecule has 1 aliphatic carbocycles. The van der Waals surface area contributed by atoms with E-state index in [9.17, 15) is 14.9 Å². The number of benzene rings is 2. The number of rotatable bonds is 7. The Bertz CT molecular complexity index is 1530. The molecule has 1 unspecified atom stereocenters. The number of nitrogens with two attached hydrogens (primary N) is 1. The van der Waals surface area contributed by atoms with E-state index in [2.05, 4.69) is 28.5 Å². The van der Waals surface area contributed by atoms with Crippen LogP contribution >= 0.6 is 23.1 Å². The zero-order chi connectivity index (χ0) is 27.5. The lowest BCUT2D eigenvalue weighted by atomic mass is 9.75. The van der Waals surface area contributed by atoms with Gasteiger partial charge in [0.2, 0.25) is 11.0 Å². The molecule has 0 fully saturated rings. The van der Waals surface area contributed by atoms with Crippen molar-refractivity contribution in [1.29, 1.82) is 5.26 Å². The van der Waals surface area contributed by atoms with Gasteiger partial charge >= 0.3 is 0 Å². The van der Waals surface area contributed by atoms with E-state index < -0.39 is 5.92 Å². The number of carbonyl (C=O) groups is 2. The molecule has 198 valence electrons. The highest BCUT2D eigenvalue weighted by Crippen LogP contribution is 2.47. The van der Waals surface area contributed by atoms with Crippen LogP contribution in [0.25, 0.3) is 0 Å². The number of hydrogen-bond donors (Lipinski definition) is 2. The van der Waals surface area contributed by atoms with Crippen molar-refractivity contribution in [2.75, 3.05) is 16.0 Å². The number of nitriles is 1. The molecular formula is C29H28N6O2S2. The van der Waals surface area contributed by atoms with Crippen molar-refractivity contribution in [3.63, 3.8) is 0 Å². The molecule has 10 heteroatoms. The van der Waals surface area contributed by atoms with Gasteiger partial charge in [-0.3, -0.25) is 14.5 Å². The largest absolute Gasteiger partial charge is 0.384 e. The third-order valence-electron chi connectivity index (χ3n) is 6.85. The Kier molecular flexibility index (Phi) is 7.82. The number of nitrogens with zero attached hydrogens (tertiary/aromatic N) is 4. The van der Waals surface area contributed by atoms with Crippen LogP contribution in [-0.4, -0.2) is 27.6 Å². The number of ketones is 1. The molecule has 1 amide bonds. The van der Waals surface area contributed by atoms with Gasteiger partial charge in [-0.25, -0.2) is 0 Å². The summed E-state index contributed by atoms with van der Waals surface area (Å²) in [5.74, 6) is -0.199. The number of aromatic nitrogens is 2. The second-order valence-corrected chi connectivity index (χ2v) is 11.6. The average Bonchev–Trinajstić information content (AvgIpc) is 3.40. The Labute approximate surface area is 235 Å². The maximum absolute atomic E-state index is 13.3. The minimum atomic E-state index is -0.509. The number of hydrogen-bond acceptors (Lipinski definition) is 9. The van der Waals surface area contributed by atoms with Gasteiger partial charge in [0.15, 0.2) is 10.1 Å². The fraction of sp³-hybridized carbons (Fsp3) is 0.276. The minimum Gasteiger partial charge on any atom is -0.384 e. The van der Waals surface area contributed by atoms with E-state index in [1.54, 1.807) is 4.90 Å². The lowest BCUT2D eigenvalue weighted by Crippen LogP contribution is -2.38. The Morgan fingerprint density at radius 3 is 2.74 bits per heavy atom. The summed E-state index contributed by atoms with van der Waals surface area (Å²) in [6.07, 6.45) is 2.71. The molecule has 39 heavy (non-hydrogen) atoms. The molecule has 3 aromatic rings. The summed E-state index contributed by atoms with van der Waals surface area (Å²) in [6, 6.07) is 17.9. The Morgan fingerprint density at radius 1 is 1.23 bits per heavy atom. The zero-order valence-electron chi connectivity index (χ0n) is 21.7. The molecule has 0 spiro atoms. The summed E-state index contributed by atoms with van der Waals surface area (Å²) in [6.45, 7) is 4.07. The van der Waals surface area contributed by atoms with E-state index >= 15 is 0 Å². The summed E-state index contributed by atoms with van der Waals surface area (Å²) < 4.78 is 0.595. The molecule has 1 atom stereocenters. The summed E-state index contributed by atoms with van der Waals surface area (Å²) in [5.41, 5.74) is 12.2. The molecular weight excluding hydrogens is 528 g/mol. The van der Waals surface area contributed by atoms with Crippen LogP contribution in [0.1, 0.15) is 48.8 Å². The lowest BCUT2D eigenvalue weighted by Gasteiger charge is -2.38. The first kappa shape index (κ1) is 26.7. The topological polar surface area (TPSA) is 125 Å². The molecule has 0 bridgehead atoms. The fourth-order valence-electron chi connectivity index (χ4n) is 4.99. The minimum absolute atomic E-state index is 0.0239. The van der Waals surface area contributed by atoms with Gasteiger partial charge in [0.05, 0.1) is 23.3 Å². The van der Waals surface area contributed by atoms with E-state index in [1.165, 1.54) is 28.7 Å². The fourth-order valence-corrected chi connectivity index (χ4v) is 6.67. The lowest BCUT2D eigenvalue weighted by molar-refractivity contribution is -0.116. The van der Waals surface area contributed by atoms with E-state index in [0.717, 1.165) is 28.9 Å². The van der Waals surface area contributed by atoms with Crippen LogP contribution in [-0.2, 0) is 16.0 Å². The van der Waals surface area contributed by atoms with Gasteiger partial charge in [0, 0.05) is 23.4 Å².